The number of aliphatic imine (C=N–C) groups is 2. The van der Waals surface area contributed by atoms with Crippen molar-refractivity contribution in [1.29, 1.82) is 5.26 Å². The molecule has 1 unspecified atom stereocenters. The minimum atomic E-state index is -0.412. The molecule has 0 spiro atoms. The minimum absolute atomic E-state index is 0.412. The van der Waals surface area contributed by atoms with Crippen molar-refractivity contribution in [3.05, 3.63) is 24.8 Å². The molecule has 84 valence electrons. The quantitative estimate of drug-likeness (QED) is 0.437. The number of nitrogens with one attached hydrogen (secondary N) is 1. The summed E-state index contributed by atoms with van der Waals surface area (Å²) in [6, 6.07) is 0. The van der Waals surface area contributed by atoms with Gasteiger partial charge in [-0.05, 0) is 13.0 Å². The molecule has 1 atom stereocenters. The summed E-state index contributed by atoms with van der Waals surface area (Å²) in [5.74, 6) is 1.35. The van der Waals surface area contributed by atoms with Crippen molar-refractivity contribution in [2.24, 2.45) is 9.98 Å². The van der Waals surface area contributed by atoms with E-state index in [1.165, 1.54) is 0 Å². The second kappa shape index (κ2) is 5.12. The van der Waals surface area contributed by atoms with E-state index in [1.54, 1.807) is 6.08 Å². The lowest BCUT2D eigenvalue weighted by Gasteiger charge is -2.30. The molecule has 0 radical (unpaired) electrons. The van der Waals surface area contributed by atoms with Gasteiger partial charge >= 0.3 is 0 Å². The Labute approximate surface area is 95.5 Å². The van der Waals surface area contributed by atoms with Crippen LogP contribution in [0, 0.1) is 11.5 Å². The molecule has 0 bridgehead atoms. The van der Waals surface area contributed by atoms with E-state index >= 15 is 0 Å². The van der Waals surface area contributed by atoms with Crippen LogP contribution in [0.15, 0.2) is 34.8 Å². The van der Waals surface area contributed by atoms with Gasteiger partial charge in [-0.3, -0.25) is 5.32 Å². The predicted molar refractivity (Wildman–Crippen MR) is 64.8 cm³/mol. The van der Waals surface area contributed by atoms with Gasteiger partial charge in [0.1, 0.15) is 5.84 Å². The number of amidine groups is 2. The number of hydrogen-bond acceptors (Lipinski definition) is 5. The van der Waals surface area contributed by atoms with Crippen molar-refractivity contribution in [1.82, 2.24) is 10.2 Å². The standard InChI is InChI=1S/C11H15N5/c1-5-9-14-10(6-8(2)3)16(4)11(15-9)13-7-12/h5,11,13H,1-2,6H2,3-4H3. The second-order valence-electron chi connectivity index (χ2n) is 3.59. The van der Waals surface area contributed by atoms with E-state index in [4.69, 9.17) is 5.26 Å². The molecule has 16 heavy (non-hydrogen) atoms. The van der Waals surface area contributed by atoms with Crippen LogP contribution in [0.25, 0.3) is 0 Å². The van der Waals surface area contributed by atoms with Crippen molar-refractivity contribution in [2.45, 2.75) is 19.6 Å². The monoisotopic (exact) mass is 217 g/mol. The molecule has 0 amide bonds. The molecule has 1 aliphatic rings. The maximum atomic E-state index is 8.62. The summed E-state index contributed by atoms with van der Waals surface area (Å²) >= 11 is 0. The van der Waals surface area contributed by atoms with E-state index in [0.717, 1.165) is 11.4 Å². The van der Waals surface area contributed by atoms with Gasteiger partial charge < -0.3 is 4.90 Å². The van der Waals surface area contributed by atoms with Gasteiger partial charge in [0, 0.05) is 13.5 Å². The molecule has 1 rings (SSSR count). The summed E-state index contributed by atoms with van der Waals surface area (Å²) in [7, 11) is 1.83. The molecule has 5 nitrogen and oxygen atoms in total. The third-order valence-electron chi connectivity index (χ3n) is 2.11. The first-order chi connectivity index (χ1) is 7.58. The first kappa shape index (κ1) is 12.0. The van der Waals surface area contributed by atoms with Crippen LogP contribution >= 0.6 is 0 Å². The van der Waals surface area contributed by atoms with Gasteiger partial charge in [0.2, 0.25) is 6.29 Å². The highest BCUT2D eigenvalue weighted by molar-refractivity contribution is 6.04. The second-order valence-corrected chi connectivity index (χ2v) is 3.59. The molecule has 1 aliphatic heterocycles. The molecule has 0 saturated heterocycles. The molecule has 0 aromatic carbocycles. The van der Waals surface area contributed by atoms with Crippen molar-refractivity contribution in [3.8, 4) is 6.19 Å². The van der Waals surface area contributed by atoms with E-state index in [9.17, 15) is 0 Å². The zero-order valence-corrected chi connectivity index (χ0v) is 9.56. The van der Waals surface area contributed by atoms with Crippen LogP contribution in [0.5, 0.6) is 0 Å². The summed E-state index contributed by atoms with van der Waals surface area (Å²) in [4.78, 5) is 10.3. The summed E-state index contributed by atoms with van der Waals surface area (Å²) in [6.45, 7) is 9.41. The highest BCUT2D eigenvalue weighted by Gasteiger charge is 2.21. The smallest absolute Gasteiger partial charge is 0.207 e. The zero-order chi connectivity index (χ0) is 12.1. The Morgan fingerprint density at radius 1 is 1.75 bits per heavy atom. The molecule has 0 aromatic heterocycles. The maximum absolute atomic E-state index is 8.62. The van der Waals surface area contributed by atoms with E-state index in [-0.39, 0.29) is 0 Å². The molecule has 1 N–H and O–H groups in total. The lowest BCUT2D eigenvalue weighted by molar-refractivity contribution is 0.339. The Morgan fingerprint density at radius 3 is 2.94 bits per heavy atom. The van der Waals surface area contributed by atoms with Crippen molar-refractivity contribution in [2.75, 3.05) is 7.05 Å². The highest BCUT2D eigenvalue weighted by atomic mass is 15.4. The van der Waals surface area contributed by atoms with Crippen molar-refractivity contribution < 1.29 is 0 Å². The molecule has 0 fully saturated rings. The fourth-order valence-corrected chi connectivity index (χ4v) is 1.31. The van der Waals surface area contributed by atoms with Crippen LogP contribution in [-0.2, 0) is 0 Å². The van der Waals surface area contributed by atoms with Gasteiger partial charge in [-0.1, -0.05) is 18.7 Å². The van der Waals surface area contributed by atoms with Gasteiger partial charge in [-0.2, -0.15) is 5.26 Å². The summed E-state index contributed by atoms with van der Waals surface area (Å²) in [5, 5.41) is 11.2. The molecule has 0 aromatic rings. The van der Waals surface area contributed by atoms with Crippen molar-refractivity contribution >= 4 is 11.7 Å². The van der Waals surface area contributed by atoms with Gasteiger partial charge in [0.05, 0.1) is 0 Å². The lowest BCUT2D eigenvalue weighted by atomic mass is 10.2. The molecule has 0 aliphatic carbocycles. The van der Waals surface area contributed by atoms with Crippen LogP contribution in [0.4, 0.5) is 0 Å². The van der Waals surface area contributed by atoms with E-state index in [0.29, 0.717) is 12.3 Å². The zero-order valence-electron chi connectivity index (χ0n) is 9.56. The van der Waals surface area contributed by atoms with E-state index < -0.39 is 6.29 Å². The predicted octanol–water partition coefficient (Wildman–Crippen LogP) is 1.24. The van der Waals surface area contributed by atoms with Crippen LogP contribution in [0.2, 0.25) is 0 Å². The Morgan fingerprint density at radius 2 is 2.44 bits per heavy atom. The largest absolute Gasteiger partial charge is 0.323 e. The number of rotatable bonds is 4. The number of nitrogens with zero attached hydrogens (tertiary/aromatic N) is 4. The molecule has 0 saturated carbocycles. The van der Waals surface area contributed by atoms with Crippen molar-refractivity contribution in [3.63, 3.8) is 0 Å². The fourth-order valence-electron chi connectivity index (χ4n) is 1.31. The Bertz CT molecular complexity index is 399. The van der Waals surface area contributed by atoms with Crippen LogP contribution in [0.1, 0.15) is 13.3 Å². The third-order valence-corrected chi connectivity index (χ3v) is 2.11. The lowest BCUT2D eigenvalue weighted by Crippen LogP contribution is -2.46. The summed E-state index contributed by atoms with van der Waals surface area (Å²) < 4.78 is 0. The van der Waals surface area contributed by atoms with E-state index in [2.05, 4.69) is 28.5 Å². The maximum Gasteiger partial charge on any atom is 0.207 e. The highest BCUT2D eigenvalue weighted by Crippen LogP contribution is 2.11. The SMILES string of the molecule is C=CC1=NC(NC#N)N(C)C(CC(=C)C)=N1. The van der Waals surface area contributed by atoms with Gasteiger partial charge in [0.25, 0.3) is 0 Å². The Kier molecular flexibility index (Phi) is 3.84. The van der Waals surface area contributed by atoms with Crippen LogP contribution in [0.3, 0.4) is 0 Å². The Hall–Kier alpha value is -2.09. The van der Waals surface area contributed by atoms with Crippen LogP contribution < -0.4 is 5.32 Å². The number of nitriles is 1. The normalized spacial score (nSPS) is 19.3. The first-order valence-electron chi connectivity index (χ1n) is 4.88. The van der Waals surface area contributed by atoms with Crippen LogP contribution in [-0.4, -0.2) is 29.9 Å². The first-order valence-corrected chi connectivity index (χ1v) is 4.88. The van der Waals surface area contributed by atoms with Gasteiger partial charge in [0.15, 0.2) is 12.0 Å². The topological polar surface area (TPSA) is 63.8 Å². The summed E-state index contributed by atoms with van der Waals surface area (Å²) in [5.41, 5.74) is 1.01. The fraction of sp³-hybridized carbons (Fsp3) is 0.364. The van der Waals surface area contributed by atoms with Gasteiger partial charge in [-0.25, -0.2) is 9.98 Å². The summed E-state index contributed by atoms with van der Waals surface area (Å²) in [6.07, 6.45) is 3.69. The van der Waals surface area contributed by atoms with Gasteiger partial charge in [-0.15, -0.1) is 0 Å². The molecule has 1 heterocycles. The Balaban J connectivity index is 2.95. The number of hydrogen-bond donors (Lipinski definition) is 1. The minimum Gasteiger partial charge on any atom is -0.323 e. The molecular weight excluding hydrogens is 202 g/mol. The molecular formula is C11H15N5. The third kappa shape index (κ3) is 2.70. The average Bonchev–Trinajstić information content (AvgIpc) is 2.23. The average molecular weight is 217 g/mol. The van der Waals surface area contributed by atoms with E-state index in [1.807, 2.05) is 25.1 Å². The molecule has 5 heteroatoms.